The van der Waals surface area contributed by atoms with Gasteiger partial charge in [0.05, 0.1) is 6.04 Å². The second-order valence-electron chi connectivity index (χ2n) is 3.98. The number of fused-ring (bicyclic) bond motifs is 1. The number of halogens is 2. The van der Waals surface area contributed by atoms with Crippen LogP contribution in [0.25, 0.3) is 10.1 Å². The molecule has 0 amide bonds. The second-order valence-corrected chi connectivity index (χ2v) is 6.70. The average Bonchev–Trinajstić information content (AvgIpc) is 2.93. The zero-order valence-electron chi connectivity index (χ0n) is 9.19. The molecule has 2 N–H and O–H groups in total. The minimum Gasteiger partial charge on any atom is -0.320 e. The fourth-order valence-electron chi connectivity index (χ4n) is 1.85. The van der Waals surface area contributed by atoms with E-state index in [1.165, 1.54) is 6.07 Å². The number of benzene rings is 1. The molecular weight excluding hydrogens is 333 g/mol. The van der Waals surface area contributed by atoms with Gasteiger partial charge >= 0.3 is 0 Å². The molecule has 0 saturated heterocycles. The van der Waals surface area contributed by atoms with Crippen LogP contribution in [0.3, 0.4) is 0 Å². The lowest BCUT2D eigenvalue weighted by Crippen LogP contribution is -2.09. The molecule has 1 aromatic carbocycles. The fraction of sp³-hybridized carbons (Fsp3) is 0.0769. The van der Waals surface area contributed by atoms with Gasteiger partial charge in [-0.3, -0.25) is 0 Å². The summed E-state index contributed by atoms with van der Waals surface area (Å²) in [6.45, 7) is 0. The third kappa shape index (κ3) is 2.12. The lowest BCUT2D eigenvalue weighted by atomic mass is 10.1. The van der Waals surface area contributed by atoms with Crippen LogP contribution >= 0.6 is 38.6 Å². The van der Waals surface area contributed by atoms with Gasteiger partial charge in [-0.1, -0.05) is 6.07 Å². The van der Waals surface area contributed by atoms with Crippen molar-refractivity contribution in [1.82, 2.24) is 0 Å². The predicted molar refractivity (Wildman–Crippen MR) is 79.8 cm³/mol. The van der Waals surface area contributed by atoms with Gasteiger partial charge in [0.1, 0.15) is 5.82 Å². The summed E-state index contributed by atoms with van der Waals surface area (Å²) in [6.07, 6.45) is 0. The number of nitrogens with two attached hydrogens (primary N) is 1. The molecule has 5 heteroatoms. The van der Waals surface area contributed by atoms with Crippen molar-refractivity contribution in [1.29, 1.82) is 0 Å². The lowest BCUT2D eigenvalue weighted by Gasteiger charge is -2.07. The monoisotopic (exact) mass is 341 g/mol. The topological polar surface area (TPSA) is 26.0 Å². The molecule has 0 saturated carbocycles. The third-order valence-electron chi connectivity index (χ3n) is 2.79. The quantitative estimate of drug-likeness (QED) is 0.703. The Morgan fingerprint density at radius 2 is 2.06 bits per heavy atom. The van der Waals surface area contributed by atoms with Gasteiger partial charge in [0.25, 0.3) is 0 Å². The molecule has 2 heterocycles. The first kappa shape index (κ1) is 12.3. The Hall–Kier alpha value is -0.750. The molecule has 92 valence electrons. The molecule has 0 aliphatic rings. The maximum absolute atomic E-state index is 13.2. The zero-order valence-corrected chi connectivity index (χ0v) is 12.4. The zero-order chi connectivity index (χ0) is 12.7. The molecule has 0 aliphatic carbocycles. The van der Waals surface area contributed by atoms with Gasteiger partial charge in [-0.05, 0) is 50.5 Å². The van der Waals surface area contributed by atoms with Gasteiger partial charge in [-0.25, -0.2) is 4.39 Å². The van der Waals surface area contributed by atoms with Crippen LogP contribution in [0.1, 0.15) is 16.5 Å². The van der Waals surface area contributed by atoms with Crippen LogP contribution in [0.5, 0.6) is 0 Å². The molecular formula is C13H9BrFNS2. The number of thiophene rings is 2. The first-order valence-electron chi connectivity index (χ1n) is 5.31. The molecule has 3 rings (SSSR count). The average molecular weight is 342 g/mol. The van der Waals surface area contributed by atoms with Gasteiger partial charge in [0, 0.05) is 19.4 Å². The summed E-state index contributed by atoms with van der Waals surface area (Å²) in [6, 6.07) is 6.70. The number of hydrogen-bond donors (Lipinski definition) is 1. The van der Waals surface area contributed by atoms with Crippen molar-refractivity contribution >= 4 is 48.7 Å². The first-order valence-corrected chi connectivity index (χ1v) is 7.86. The Morgan fingerprint density at radius 1 is 1.22 bits per heavy atom. The highest BCUT2D eigenvalue weighted by atomic mass is 79.9. The van der Waals surface area contributed by atoms with Crippen molar-refractivity contribution in [2.75, 3.05) is 0 Å². The molecule has 0 aliphatic heterocycles. The maximum Gasteiger partial charge on any atom is 0.124 e. The molecule has 18 heavy (non-hydrogen) atoms. The summed E-state index contributed by atoms with van der Waals surface area (Å²) in [5, 5.41) is 5.10. The highest BCUT2D eigenvalue weighted by Crippen LogP contribution is 2.36. The molecule has 0 spiro atoms. The van der Waals surface area contributed by atoms with Crippen molar-refractivity contribution in [2.45, 2.75) is 6.04 Å². The van der Waals surface area contributed by atoms with Gasteiger partial charge < -0.3 is 5.73 Å². The molecule has 2 aromatic heterocycles. The third-order valence-corrected chi connectivity index (χ3v) is 5.72. The summed E-state index contributed by atoms with van der Waals surface area (Å²) in [5.41, 5.74) is 7.33. The predicted octanol–water partition coefficient (Wildman–Crippen LogP) is 4.91. The molecule has 0 fully saturated rings. The van der Waals surface area contributed by atoms with Crippen molar-refractivity contribution in [2.24, 2.45) is 5.73 Å². The van der Waals surface area contributed by atoms with Gasteiger partial charge in [-0.15, -0.1) is 11.3 Å². The van der Waals surface area contributed by atoms with Crippen LogP contribution in [0, 0.1) is 5.82 Å². The van der Waals surface area contributed by atoms with Gasteiger partial charge in [0.15, 0.2) is 0 Å². The van der Waals surface area contributed by atoms with E-state index in [4.69, 9.17) is 5.73 Å². The van der Waals surface area contributed by atoms with Crippen LogP contribution in [-0.4, -0.2) is 0 Å². The number of rotatable bonds is 2. The minimum atomic E-state index is -0.207. The summed E-state index contributed by atoms with van der Waals surface area (Å²) < 4.78 is 15.1. The van der Waals surface area contributed by atoms with E-state index in [0.29, 0.717) is 0 Å². The molecule has 3 aromatic rings. The molecule has 1 nitrogen and oxygen atoms in total. The van der Waals surface area contributed by atoms with Gasteiger partial charge in [-0.2, -0.15) is 11.3 Å². The first-order chi connectivity index (χ1) is 8.65. The maximum atomic E-state index is 13.2. The molecule has 0 radical (unpaired) electrons. The van der Waals surface area contributed by atoms with E-state index in [0.717, 1.165) is 25.0 Å². The Balaban J connectivity index is 2.07. The van der Waals surface area contributed by atoms with Gasteiger partial charge in [0.2, 0.25) is 0 Å². The van der Waals surface area contributed by atoms with E-state index in [-0.39, 0.29) is 11.9 Å². The smallest absolute Gasteiger partial charge is 0.124 e. The SMILES string of the molecule is NC(c1cc2ccc(F)cc2s1)c1cscc1Br. The van der Waals surface area contributed by atoms with E-state index in [2.05, 4.69) is 15.9 Å². The second kappa shape index (κ2) is 4.74. The normalized spacial score (nSPS) is 13.1. The highest BCUT2D eigenvalue weighted by molar-refractivity contribution is 9.10. The number of hydrogen-bond acceptors (Lipinski definition) is 3. The van der Waals surface area contributed by atoms with Crippen molar-refractivity contribution in [3.05, 3.63) is 55.8 Å². The van der Waals surface area contributed by atoms with E-state index in [1.54, 1.807) is 34.8 Å². The van der Waals surface area contributed by atoms with Crippen molar-refractivity contribution in [3.63, 3.8) is 0 Å². The summed E-state index contributed by atoms with van der Waals surface area (Å²) in [5.74, 6) is -0.207. The van der Waals surface area contributed by atoms with Crippen LogP contribution < -0.4 is 5.73 Å². The molecule has 1 unspecified atom stereocenters. The summed E-state index contributed by atoms with van der Waals surface area (Å²) >= 11 is 6.66. The fourth-order valence-corrected chi connectivity index (χ4v) is 4.54. The van der Waals surface area contributed by atoms with E-state index < -0.39 is 0 Å². The highest BCUT2D eigenvalue weighted by Gasteiger charge is 2.15. The summed E-state index contributed by atoms with van der Waals surface area (Å²) in [7, 11) is 0. The van der Waals surface area contributed by atoms with Crippen LogP contribution in [-0.2, 0) is 0 Å². The van der Waals surface area contributed by atoms with E-state index in [1.807, 2.05) is 16.8 Å². The molecule has 0 bridgehead atoms. The Morgan fingerprint density at radius 3 is 2.78 bits per heavy atom. The van der Waals surface area contributed by atoms with Crippen LogP contribution in [0.15, 0.2) is 39.5 Å². The summed E-state index contributed by atoms with van der Waals surface area (Å²) in [4.78, 5) is 1.05. The lowest BCUT2D eigenvalue weighted by molar-refractivity contribution is 0.630. The van der Waals surface area contributed by atoms with Crippen LogP contribution in [0.4, 0.5) is 4.39 Å². The largest absolute Gasteiger partial charge is 0.320 e. The van der Waals surface area contributed by atoms with E-state index in [9.17, 15) is 4.39 Å². The van der Waals surface area contributed by atoms with E-state index >= 15 is 0 Å². The molecule has 1 atom stereocenters. The Kier molecular flexibility index (Phi) is 3.23. The van der Waals surface area contributed by atoms with Crippen LogP contribution in [0.2, 0.25) is 0 Å². The Bertz CT molecular complexity index is 704. The van der Waals surface area contributed by atoms with Crippen molar-refractivity contribution < 1.29 is 4.39 Å². The Labute approximate surface area is 120 Å². The minimum absolute atomic E-state index is 0.161. The standard InChI is InChI=1S/C13H9BrFNS2/c14-10-6-17-5-9(10)13(16)12-3-7-1-2-8(15)4-11(7)18-12/h1-6,13H,16H2. The van der Waals surface area contributed by atoms with Crippen molar-refractivity contribution in [3.8, 4) is 0 Å².